The molecule has 11 heavy (non-hydrogen) atoms. The maximum Gasteiger partial charge on any atom is 0.0521 e. The quantitative estimate of drug-likeness (QED) is 0.445. The molecule has 4 heteroatoms. The Labute approximate surface area is 72.7 Å². The summed E-state index contributed by atoms with van der Waals surface area (Å²) in [6, 6.07) is 0. The fourth-order valence-corrected chi connectivity index (χ4v) is 1.37. The summed E-state index contributed by atoms with van der Waals surface area (Å²) >= 11 is 1.79. The highest BCUT2D eigenvalue weighted by Gasteiger charge is 1.88. The fraction of sp³-hybridized carbons (Fsp3) is 1.00. The molecule has 3 nitrogen and oxygen atoms in total. The predicted octanol–water partition coefficient (Wildman–Crippen LogP) is -0.350. The van der Waals surface area contributed by atoms with Crippen LogP contribution in [0.25, 0.3) is 0 Å². The van der Waals surface area contributed by atoms with Gasteiger partial charge in [0.15, 0.2) is 0 Å². The topological polar surface area (TPSA) is 58.3 Å². The van der Waals surface area contributed by atoms with Crippen LogP contribution in [0.5, 0.6) is 0 Å². The molecule has 0 heterocycles. The number of aliphatic hydroxyl groups is 1. The molecule has 0 aliphatic carbocycles. The van der Waals surface area contributed by atoms with E-state index in [1.165, 1.54) is 0 Å². The van der Waals surface area contributed by atoms with Crippen LogP contribution in [0.2, 0.25) is 0 Å². The number of thioether (sulfide) groups is 1. The van der Waals surface area contributed by atoms with Crippen LogP contribution in [0, 0.1) is 0 Å². The fourth-order valence-electron chi connectivity index (χ4n) is 0.693. The number of nitrogens with two attached hydrogens (primary N) is 1. The first-order chi connectivity index (χ1) is 5.41. The molecule has 0 aromatic heterocycles. The summed E-state index contributed by atoms with van der Waals surface area (Å²) in [5, 5.41) is 11.7. The van der Waals surface area contributed by atoms with Crippen molar-refractivity contribution in [3.05, 3.63) is 0 Å². The number of hydrogen-bond donors (Lipinski definition) is 3. The third-order valence-electron chi connectivity index (χ3n) is 1.20. The van der Waals surface area contributed by atoms with Crippen LogP contribution >= 0.6 is 11.8 Å². The third-order valence-corrected chi connectivity index (χ3v) is 2.25. The van der Waals surface area contributed by atoms with E-state index in [-0.39, 0.29) is 0 Å². The Bertz CT molecular complexity index is 65.5. The van der Waals surface area contributed by atoms with Gasteiger partial charge in [-0.3, -0.25) is 0 Å². The lowest BCUT2D eigenvalue weighted by Crippen LogP contribution is -2.23. The Balaban J connectivity index is 2.69. The van der Waals surface area contributed by atoms with Gasteiger partial charge in [-0.25, -0.2) is 0 Å². The minimum atomic E-state index is 0.293. The van der Waals surface area contributed by atoms with Crippen LogP contribution in [0.1, 0.15) is 6.42 Å². The van der Waals surface area contributed by atoms with E-state index in [2.05, 4.69) is 5.32 Å². The zero-order valence-corrected chi connectivity index (χ0v) is 7.70. The highest BCUT2D eigenvalue weighted by molar-refractivity contribution is 7.99. The molecule has 0 aromatic rings. The lowest BCUT2D eigenvalue weighted by Gasteiger charge is -2.01. The summed E-state index contributed by atoms with van der Waals surface area (Å²) in [6.07, 6.45) is 1.16. The molecule has 0 aromatic carbocycles. The third kappa shape index (κ3) is 10.2. The highest BCUT2D eigenvalue weighted by Crippen LogP contribution is 1.99. The Hall–Kier alpha value is 0.230. The highest BCUT2D eigenvalue weighted by atomic mass is 32.2. The maximum absolute atomic E-state index is 8.45. The standard InChI is InChI=1S/C7H18N2OS/c8-2-4-9-3-1-6-11-7-5-10/h9-10H,1-8H2. The van der Waals surface area contributed by atoms with Crippen LogP contribution in [0.4, 0.5) is 0 Å². The molecule has 0 amide bonds. The zero-order valence-electron chi connectivity index (χ0n) is 6.88. The minimum absolute atomic E-state index is 0.293. The smallest absolute Gasteiger partial charge is 0.0521 e. The molecule has 0 atom stereocenters. The molecule has 0 unspecified atom stereocenters. The molecule has 4 N–H and O–H groups in total. The van der Waals surface area contributed by atoms with E-state index in [9.17, 15) is 0 Å². The Morgan fingerprint density at radius 1 is 1.27 bits per heavy atom. The second-order valence-electron chi connectivity index (χ2n) is 2.23. The van der Waals surface area contributed by atoms with Gasteiger partial charge < -0.3 is 16.2 Å². The second kappa shape index (κ2) is 10.2. The van der Waals surface area contributed by atoms with Crippen molar-refractivity contribution in [2.45, 2.75) is 6.42 Å². The molecule has 68 valence electrons. The first-order valence-electron chi connectivity index (χ1n) is 4.01. The molecular formula is C7H18N2OS. The van der Waals surface area contributed by atoms with Gasteiger partial charge in [-0.1, -0.05) is 0 Å². The molecule has 0 aliphatic heterocycles. The molecular weight excluding hydrogens is 160 g/mol. The van der Waals surface area contributed by atoms with E-state index in [1.807, 2.05) is 0 Å². The SMILES string of the molecule is NCCNCCCSCCO. The number of aliphatic hydroxyl groups excluding tert-OH is 1. The van der Waals surface area contributed by atoms with Gasteiger partial charge in [0.1, 0.15) is 0 Å². The summed E-state index contributed by atoms with van der Waals surface area (Å²) in [4.78, 5) is 0. The van der Waals surface area contributed by atoms with Gasteiger partial charge in [-0.15, -0.1) is 0 Å². The number of hydrogen-bond acceptors (Lipinski definition) is 4. The minimum Gasteiger partial charge on any atom is -0.396 e. The Morgan fingerprint density at radius 2 is 2.09 bits per heavy atom. The largest absolute Gasteiger partial charge is 0.396 e. The van der Waals surface area contributed by atoms with Crippen LogP contribution in [-0.2, 0) is 0 Å². The molecule has 0 fully saturated rings. The van der Waals surface area contributed by atoms with Crippen LogP contribution in [-0.4, -0.2) is 42.9 Å². The lowest BCUT2D eigenvalue weighted by atomic mass is 10.5. The molecule has 0 saturated carbocycles. The van der Waals surface area contributed by atoms with Crippen molar-refractivity contribution in [2.24, 2.45) is 5.73 Å². The van der Waals surface area contributed by atoms with E-state index >= 15 is 0 Å². The molecule has 0 radical (unpaired) electrons. The van der Waals surface area contributed by atoms with Crippen molar-refractivity contribution in [3.63, 3.8) is 0 Å². The van der Waals surface area contributed by atoms with E-state index in [0.717, 1.165) is 31.0 Å². The normalized spacial score (nSPS) is 10.4. The lowest BCUT2D eigenvalue weighted by molar-refractivity contribution is 0.322. The van der Waals surface area contributed by atoms with Crippen molar-refractivity contribution in [3.8, 4) is 0 Å². The summed E-state index contributed by atoms with van der Waals surface area (Å²) in [5.74, 6) is 1.98. The van der Waals surface area contributed by atoms with Crippen molar-refractivity contribution >= 4 is 11.8 Å². The summed E-state index contributed by atoms with van der Waals surface area (Å²) in [7, 11) is 0. The van der Waals surface area contributed by atoms with E-state index in [1.54, 1.807) is 11.8 Å². The average Bonchev–Trinajstić information content (AvgIpc) is 2.03. The first-order valence-corrected chi connectivity index (χ1v) is 5.16. The average molecular weight is 178 g/mol. The zero-order chi connectivity index (χ0) is 8.36. The maximum atomic E-state index is 8.45. The van der Waals surface area contributed by atoms with E-state index in [0.29, 0.717) is 13.2 Å². The van der Waals surface area contributed by atoms with Gasteiger partial charge in [0, 0.05) is 18.8 Å². The van der Waals surface area contributed by atoms with Crippen LogP contribution in [0.3, 0.4) is 0 Å². The van der Waals surface area contributed by atoms with E-state index < -0.39 is 0 Å². The predicted molar refractivity (Wildman–Crippen MR) is 51.0 cm³/mol. The van der Waals surface area contributed by atoms with Gasteiger partial charge in [0.2, 0.25) is 0 Å². The van der Waals surface area contributed by atoms with Gasteiger partial charge in [0.05, 0.1) is 6.61 Å². The Kier molecular flexibility index (Phi) is 10.4. The van der Waals surface area contributed by atoms with Gasteiger partial charge >= 0.3 is 0 Å². The second-order valence-corrected chi connectivity index (χ2v) is 3.45. The summed E-state index contributed by atoms with van der Waals surface area (Å²) in [6.45, 7) is 2.95. The van der Waals surface area contributed by atoms with Gasteiger partial charge in [0.25, 0.3) is 0 Å². The monoisotopic (exact) mass is 178 g/mol. The van der Waals surface area contributed by atoms with Gasteiger partial charge in [-0.05, 0) is 18.7 Å². The summed E-state index contributed by atoms with van der Waals surface area (Å²) < 4.78 is 0. The molecule has 0 aliphatic rings. The van der Waals surface area contributed by atoms with Crippen molar-refractivity contribution < 1.29 is 5.11 Å². The number of rotatable bonds is 8. The molecule has 0 saturated heterocycles. The molecule has 0 spiro atoms. The van der Waals surface area contributed by atoms with E-state index in [4.69, 9.17) is 10.8 Å². The molecule has 0 bridgehead atoms. The van der Waals surface area contributed by atoms with Gasteiger partial charge in [-0.2, -0.15) is 11.8 Å². The number of nitrogens with one attached hydrogen (secondary N) is 1. The van der Waals surface area contributed by atoms with Crippen LogP contribution < -0.4 is 11.1 Å². The first kappa shape index (κ1) is 11.2. The molecule has 0 rings (SSSR count). The van der Waals surface area contributed by atoms with Crippen LogP contribution in [0.15, 0.2) is 0 Å². The van der Waals surface area contributed by atoms with Crippen molar-refractivity contribution in [2.75, 3.05) is 37.7 Å². The Morgan fingerprint density at radius 3 is 2.73 bits per heavy atom. The van der Waals surface area contributed by atoms with Crippen molar-refractivity contribution in [1.82, 2.24) is 5.32 Å². The summed E-state index contributed by atoms with van der Waals surface area (Å²) in [5.41, 5.74) is 5.29. The van der Waals surface area contributed by atoms with Crippen molar-refractivity contribution in [1.29, 1.82) is 0 Å².